The van der Waals surface area contributed by atoms with Crippen LogP contribution in [0.3, 0.4) is 0 Å². The van der Waals surface area contributed by atoms with Crippen LogP contribution in [-0.2, 0) is 25.1 Å². The van der Waals surface area contributed by atoms with E-state index in [0.29, 0.717) is 6.61 Å². The Bertz CT molecular complexity index is 248. The molecule has 0 aromatic heterocycles. The van der Waals surface area contributed by atoms with Gasteiger partial charge in [0.05, 0.1) is 18.8 Å². The third-order valence-corrected chi connectivity index (χ3v) is 3.40. The van der Waals surface area contributed by atoms with Gasteiger partial charge in [-0.1, -0.05) is 13.8 Å². The van der Waals surface area contributed by atoms with Crippen LogP contribution in [0, 0.1) is 0 Å². The first-order valence-electron chi connectivity index (χ1n) is 5.01. The van der Waals surface area contributed by atoms with Gasteiger partial charge in [-0.3, -0.25) is 13.8 Å². The van der Waals surface area contributed by atoms with Crippen molar-refractivity contribution < 1.29 is 18.5 Å². The Kier molecular flexibility index (Phi) is 7.21. The van der Waals surface area contributed by atoms with Gasteiger partial charge in [0.15, 0.2) is 0 Å². The van der Waals surface area contributed by atoms with E-state index in [1.807, 2.05) is 0 Å². The normalized spacial score (nSPS) is 12.5. The van der Waals surface area contributed by atoms with Gasteiger partial charge in [0.25, 0.3) is 0 Å². The fourth-order valence-electron chi connectivity index (χ4n) is 0.872. The molecule has 0 aromatic carbocycles. The molecule has 0 radical (unpaired) electrons. The SMILES string of the molecule is CCOC(=O)CCC(=O)CS(=O)C(C)C. The maximum atomic E-state index is 11.3. The van der Waals surface area contributed by atoms with Crippen LogP contribution in [0.4, 0.5) is 0 Å². The van der Waals surface area contributed by atoms with Crippen molar-refractivity contribution in [3.63, 3.8) is 0 Å². The lowest BCUT2D eigenvalue weighted by Gasteiger charge is -2.04. The summed E-state index contributed by atoms with van der Waals surface area (Å²) in [5, 5.41) is -0.0171. The zero-order chi connectivity index (χ0) is 11.8. The van der Waals surface area contributed by atoms with Gasteiger partial charge in [0.2, 0.25) is 0 Å². The first-order chi connectivity index (χ1) is 6.97. The number of carbonyl (C=O) groups is 2. The summed E-state index contributed by atoms with van der Waals surface area (Å²) in [6, 6.07) is 0. The van der Waals surface area contributed by atoms with Crippen LogP contribution in [0.15, 0.2) is 0 Å². The van der Waals surface area contributed by atoms with E-state index in [1.165, 1.54) is 0 Å². The van der Waals surface area contributed by atoms with Crippen molar-refractivity contribution in [2.75, 3.05) is 12.4 Å². The number of ketones is 1. The fraction of sp³-hybridized carbons (Fsp3) is 0.800. The summed E-state index contributed by atoms with van der Waals surface area (Å²) in [4.78, 5) is 22.2. The van der Waals surface area contributed by atoms with Crippen LogP contribution < -0.4 is 0 Å². The van der Waals surface area contributed by atoms with Crippen LogP contribution in [0.25, 0.3) is 0 Å². The van der Waals surface area contributed by atoms with Gasteiger partial charge in [-0.2, -0.15) is 0 Å². The standard InChI is InChI=1S/C10H18O4S/c1-4-14-10(12)6-5-9(11)7-15(13)8(2)3/h8H,4-7H2,1-3H3. The number of esters is 1. The maximum absolute atomic E-state index is 11.3. The monoisotopic (exact) mass is 234 g/mol. The molecule has 0 amide bonds. The molecule has 0 aliphatic carbocycles. The molecule has 0 rings (SSSR count). The maximum Gasteiger partial charge on any atom is 0.306 e. The number of carbonyl (C=O) groups excluding carboxylic acids is 2. The topological polar surface area (TPSA) is 60.4 Å². The minimum Gasteiger partial charge on any atom is -0.466 e. The van der Waals surface area contributed by atoms with E-state index < -0.39 is 10.8 Å². The lowest BCUT2D eigenvalue weighted by atomic mass is 10.2. The van der Waals surface area contributed by atoms with Crippen molar-refractivity contribution in [3.8, 4) is 0 Å². The van der Waals surface area contributed by atoms with Crippen molar-refractivity contribution in [2.24, 2.45) is 0 Å². The van der Waals surface area contributed by atoms with Gasteiger partial charge in [0, 0.05) is 22.5 Å². The van der Waals surface area contributed by atoms with Crippen LogP contribution >= 0.6 is 0 Å². The van der Waals surface area contributed by atoms with E-state index in [-0.39, 0.29) is 35.6 Å². The second-order valence-electron chi connectivity index (χ2n) is 3.42. The van der Waals surface area contributed by atoms with Crippen molar-refractivity contribution in [1.29, 1.82) is 0 Å². The lowest BCUT2D eigenvalue weighted by molar-refractivity contribution is -0.144. The van der Waals surface area contributed by atoms with Crippen LogP contribution in [0.2, 0.25) is 0 Å². The van der Waals surface area contributed by atoms with Crippen LogP contribution in [-0.4, -0.2) is 33.6 Å². The smallest absolute Gasteiger partial charge is 0.306 e. The van der Waals surface area contributed by atoms with Gasteiger partial charge in [0.1, 0.15) is 5.78 Å². The van der Waals surface area contributed by atoms with E-state index in [4.69, 9.17) is 0 Å². The van der Waals surface area contributed by atoms with E-state index in [1.54, 1.807) is 20.8 Å². The van der Waals surface area contributed by atoms with E-state index in [0.717, 1.165) is 0 Å². The van der Waals surface area contributed by atoms with E-state index >= 15 is 0 Å². The van der Waals surface area contributed by atoms with Crippen molar-refractivity contribution >= 4 is 22.6 Å². The molecule has 0 heterocycles. The molecule has 0 saturated heterocycles. The Balaban J connectivity index is 3.76. The molecule has 0 spiro atoms. The fourth-order valence-corrected chi connectivity index (χ4v) is 1.67. The molecule has 5 heteroatoms. The average Bonchev–Trinajstić information content (AvgIpc) is 2.15. The first kappa shape index (κ1) is 14.3. The van der Waals surface area contributed by atoms with Crippen LogP contribution in [0.1, 0.15) is 33.6 Å². The Morgan fingerprint density at radius 2 is 1.87 bits per heavy atom. The van der Waals surface area contributed by atoms with Gasteiger partial charge in [-0.05, 0) is 6.92 Å². The largest absolute Gasteiger partial charge is 0.466 e. The molecule has 0 aliphatic rings. The highest BCUT2D eigenvalue weighted by atomic mass is 32.2. The van der Waals surface area contributed by atoms with E-state index in [9.17, 15) is 13.8 Å². The average molecular weight is 234 g/mol. The summed E-state index contributed by atoms with van der Waals surface area (Å²) in [5.41, 5.74) is 0. The molecule has 1 atom stereocenters. The second-order valence-corrected chi connectivity index (χ2v) is 5.41. The minimum atomic E-state index is -1.12. The van der Waals surface area contributed by atoms with Gasteiger partial charge < -0.3 is 4.74 Å². The van der Waals surface area contributed by atoms with Crippen LogP contribution in [0.5, 0.6) is 0 Å². The quantitative estimate of drug-likeness (QED) is 0.618. The third kappa shape index (κ3) is 7.25. The molecule has 0 bridgehead atoms. The third-order valence-electron chi connectivity index (χ3n) is 1.74. The van der Waals surface area contributed by atoms with Gasteiger partial charge in [-0.25, -0.2) is 0 Å². The molecular formula is C10H18O4S. The molecular weight excluding hydrogens is 216 g/mol. The minimum absolute atomic E-state index is 0.0171. The molecule has 15 heavy (non-hydrogen) atoms. The van der Waals surface area contributed by atoms with Gasteiger partial charge in [-0.15, -0.1) is 0 Å². The predicted molar refractivity (Wildman–Crippen MR) is 59.0 cm³/mol. The molecule has 88 valence electrons. The second kappa shape index (κ2) is 7.56. The number of ether oxygens (including phenoxy) is 1. The lowest BCUT2D eigenvalue weighted by Crippen LogP contribution is -2.18. The Morgan fingerprint density at radius 1 is 1.27 bits per heavy atom. The first-order valence-corrected chi connectivity index (χ1v) is 6.40. The number of hydrogen-bond donors (Lipinski definition) is 0. The number of Topliss-reactive ketones (excluding diaryl/α,β-unsaturated/α-hetero) is 1. The zero-order valence-electron chi connectivity index (χ0n) is 9.45. The van der Waals surface area contributed by atoms with Crippen molar-refractivity contribution in [1.82, 2.24) is 0 Å². The zero-order valence-corrected chi connectivity index (χ0v) is 10.3. The summed E-state index contributed by atoms with van der Waals surface area (Å²) in [7, 11) is -1.12. The molecule has 0 aromatic rings. The number of rotatable bonds is 7. The predicted octanol–water partition coefficient (Wildman–Crippen LogP) is 1.06. The summed E-state index contributed by atoms with van der Waals surface area (Å²) < 4.78 is 16.0. The van der Waals surface area contributed by atoms with Gasteiger partial charge >= 0.3 is 5.97 Å². The molecule has 0 saturated carbocycles. The Morgan fingerprint density at radius 3 is 2.33 bits per heavy atom. The van der Waals surface area contributed by atoms with E-state index in [2.05, 4.69) is 4.74 Å². The Labute approximate surface area is 92.8 Å². The summed E-state index contributed by atoms with van der Waals surface area (Å²) in [6.07, 6.45) is 0.208. The van der Waals surface area contributed by atoms with Crippen molar-refractivity contribution in [2.45, 2.75) is 38.9 Å². The number of hydrogen-bond acceptors (Lipinski definition) is 4. The highest BCUT2D eigenvalue weighted by Crippen LogP contribution is 2.00. The summed E-state index contributed by atoms with van der Waals surface area (Å²) in [6.45, 7) is 5.64. The highest BCUT2D eigenvalue weighted by molar-refractivity contribution is 7.86. The molecule has 0 aliphatic heterocycles. The Hall–Kier alpha value is -0.710. The summed E-state index contributed by atoms with van der Waals surface area (Å²) >= 11 is 0. The molecule has 1 unspecified atom stereocenters. The molecule has 4 nitrogen and oxygen atoms in total. The molecule has 0 fully saturated rings. The molecule has 0 N–H and O–H groups in total. The highest BCUT2D eigenvalue weighted by Gasteiger charge is 2.13. The van der Waals surface area contributed by atoms with Crippen molar-refractivity contribution in [3.05, 3.63) is 0 Å². The summed E-state index contributed by atoms with van der Waals surface area (Å²) in [5.74, 6) is -0.479.